The van der Waals surface area contributed by atoms with Crippen LogP contribution in [0.15, 0.2) is 90.1 Å². The van der Waals surface area contributed by atoms with Gasteiger partial charge in [0.1, 0.15) is 36.2 Å². The van der Waals surface area contributed by atoms with E-state index in [0.29, 0.717) is 66.6 Å². The van der Waals surface area contributed by atoms with Crippen LogP contribution >= 0.6 is 0 Å². The fraction of sp³-hybridized carbons (Fsp3) is 0.554. The molecule has 1 amide bonds. The first kappa shape index (κ1) is 50.7. The molecule has 0 radical (unpaired) electrons. The lowest BCUT2D eigenvalue weighted by molar-refractivity contribution is -0.258. The van der Waals surface area contributed by atoms with E-state index in [1.165, 1.54) is 38.5 Å². The number of amides is 1. The van der Waals surface area contributed by atoms with Crippen LogP contribution in [0, 0.1) is 17.8 Å². The molecule has 368 valence electrons. The van der Waals surface area contributed by atoms with Gasteiger partial charge in [-0.3, -0.25) is 9.59 Å². The average Bonchev–Trinajstić information content (AvgIpc) is 3.83. The van der Waals surface area contributed by atoms with E-state index in [1.54, 1.807) is 24.3 Å². The maximum Gasteiger partial charge on any atom is 0.239 e. The number of allylic oxidation sites excluding steroid dienone is 1. The SMILES string of the molecule is C=CCO[C@@]12Oc3ccc(Oc4cccc(C=O)c4)cc3[C@H]3[C@H](CCCCO)[C@@H](CCCCO)C=C(C(=NOCC)C[C@@H]1N(Cc1ccc4c(c1)OCO4)C(=O)CCCCCCCCCCC)[C@H]32. The predicted molar refractivity (Wildman–Crippen MR) is 263 cm³/mol. The zero-order valence-electron chi connectivity index (χ0n) is 40.4. The number of aldehydes is 1. The summed E-state index contributed by atoms with van der Waals surface area (Å²) in [5.41, 5.74) is 4.07. The Hall–Kier alpha value is -5.17. The van der Waals surface area contributed by atoms with Gasteiger partial charge in [-0.05, 0) is 104 Å². The van der Waals surface area contributed by atoms with E-state index in [9.17, 15) is 15.0 Å². The average molecular weight is 935 g/mol. The third-order valence-corrected chi connectivity index (χ3v) is 14.2. The van der Waals surface area contributed by atoms with Gasteiger partial charge in [0, 0.05) is 49.6 Å². The fourth-order valence-electron chi connectivity index (χ4n) is 11.0. The van der Waals surface area contributed by atoms with E-state index in [-0.39, 0.29) is 56.8 Å². The number of benzene rings is 3. The predicted octanol–water partition coefficient (Wildman–Crippen LogP) is 11.6. The number of rotatable bonds is 29. The Balaban J connectivity index is 1.36. The maximum absolute atomic E-state index is 15.3. The van der Waals surface area contributed by atoms with Crippen LogP contribution in [0.3, 0.4) is 0 Å². The summed E-state index contributed by atoms with van der Waals surface area (Å²) >= 11 is 0. The first-order valence-electron chi connectivity index (χ1n) is 25.5. The second-order valence-electron chi connectivity index (χ2n) is 18.8. The second kappa shape index (κ2) is 25.4. The molecule has 0 spiro atoms. The van der Waals surface area contributed by atoms with Crippen LogP contribution in [0.5, 0.6) is 28.7 Å². The van der Waals surface area contributed by atoms with Crippen LogP contribution in [0.4, 0.5) is 0 Å². The van der Waals surface area contributed by atoms with Crippen molar-refractivity contribution in [1.82, 2.24) is 4.90 Å². The van der Waals surface area contributed by atoms with Crippen molar-refractivity contribution >= 4 is 17.9 Å². The van der Waals surface area contributed by atoms with Gasteiger partial charge in [-0.25, -0.2) is 0 Å². The van der Waals surface area contributed by atoms with E-state index in [1.807, 2.05) is 48.2 Å². The van der Waals surface area contributed by atoms with Crippen LogP contribution in [0.25, 0.3) is 0 Å². The number of unbranched alkanes of at least 4 members (excludes halogenated alkanes) is 10. The first-order chi connectivity index (χ1) is 33.4. The Morgan fingerprint density at radius 3 is 2.34 bits per heavy atom. The van der Waals surface area contributed by atoms with Gasteiger partial charge in [0.25, 0.3) is 0 Å². The molecule has 1 saturated carbocycles. The molecule has 2 heterocycles. The molecule has 1 fully saturated rings. The number of fused-ring (bicyclic) bond motifs is 3. The number of ether oxygens (including phenoxy) is 5. The number of hydrogen-bond donors (Lipinski definition) is 2. The van der Waals surface area contributed by atoms with Crippen molar-refractivity contribution in [1.29, 1.82) is 0 Å². The molecule has 12 heteroatoms. The van der Waals surface area contributed by atoms with Crippen molar-refractivity contribution in [2.75, 3.05) is 33.2 Å². The summed E-state index contributed by atoms with van der Waals surface area (Å²) < 4.78 is 32.7. The molecule has 6 atom stereocenters. The molecule has 3 aromatic carbocycles. The van der Waals surface area contributed by atoms with Crippen LogP contribution < -0.4 is 18.9 Å². The van der Waals surface area contributed by atoms with Gasteiger partial charge in [0.15, 0.2) is 11.5 Å². The third-order valence-electron chi connectivity index (χ3n) is 14.2. The lowest BCUT2D eigenvalue weighted by atomic mass is 9.55. The molecule has 7 rings (SSSR count). The molecular formula is C56H74N2O10. The van der Waals surface area contributed by atoms with Gasteiger partial charge >= 0.3 is 0 Å². The van der Waals surface area contributed by atoms with E-state index < -0.39 is 17.7 Å². The number of carbonyl (C=O) groups is 2. The highest BCUT2D eigenvalue weighted by atomic mass is 16.7. The van der Waals surface area contributed by atoms with Crippen molar-refractivity contribution < 1.29 is 48.3 Å². The lowest BCUT2D eigenvalue weighted by Crippen LogP contribution is -2.70. The third kappa shape index (κ3) is 12.2. The summed E-state index contributed by atoms with van der Waals surface area (Å²) in [7, 11) is 0. The molecule has 0 unspecified atom stereocenters. The number of carbonyl (C=O) groups excluding carboxylic acids is 2. The van der Waals surface area contributed by atoms with E-state index >= 15 is 4.79 Å². The summed E-state index contributed by atoms with van der Waals surface area (Å²) in [6.07, 6.45) is 20.4. The van der Waals surface area contributed by atoms with Gasteiger partial charge in [0.2, 0.25) is 18.5 Å². The smallest absolute Gasteiger partial charge is 0.239 e. The largest absolute Gasteiger partial charge is 0.459 e. The molecule has 4 aliphatic rings. The zero-order chi connectivity index (χ0) is 47.7. The Morgan fingerprint density at radius 2 is 1.59 bits per heavy atom. The molecule has 12 nitrogen and oxygen atoms in total. The topological polar surface area (TPSA) is 146 Å². The van der Waals surface area contributed by atoms with Crippen molar-refractivity contribution in [2.45, 2.75) is 147 Å². The molecule has 3 aromatic rings. The van der Waals surface area contributed by atoms with Crippen molar-refractivity contribution in [3.05, 3.63) is 102 Å². The second-order valence-corrected chi connectivity index (χ2v) is 18.8. The molecule has 0 aromatic heterocycles. The highest BCUT2D eigenvalue weighted by molar-refractivity contribution is 6.03. The Kier molecular flexibility index (Phi) is 19.0. The van der Waals surface area contributed by atoms with Crippen molar-refractivity contribution in [3.63, 3.8) is 0 Å². The van der Waals surface area contributed by atoms with Crippen LogP contribution in [0.2, 0.25) is 0 Å². The van der Waals surface area contributed by atoms with Gasteiger partial charge in [-0.1, -0.05) is 107 Å². The summed E-state index contributed by atoms with van der Waals surface area (Å²) in [4.78, 5) is 34.9. The Morgan fingerprint density at radius 1 is 0.853 bits per heavy atom. The first-order valence-corrected chi connectivity index (χ1v) is 25.5. The van der Waals surface area contributed by atoms with Crippen molar-refractivity contribution in [2.24, 2.45) is 22.9 Å². The summed E-state index contributed by atoms with van der Waals surface area (Å²) in [6.45, 7) is 9.38. The lowest BCUT2D eigenvalue weighted by Gasteiger charge is -2.60. The van der Waals surface area contributed by atoms with Gasteiger partial charge in [0.05, 0.1) is 18.2 Å². The number of hydrogen-bond acceptors (Lipinski definition) is 11. The van der Waals surface area contributed by atoms with E-state index in [2.05, 4.69) is 25.6 Å². The molecule has 2 N–H and O–H groups in total. The highest BCUT2D eigenvalue weighted by Gasteiger charge is 2.65. The summed E-state index contributed by atoms with van der Waals surface area (Å²) in [5.74, 6) is 1.11. The Bertz CT molecular complexity index is 2190. The fourth-order valence-corrected chi connectivity index (χ4v) is 11.0. The van der Waals surface area contributed by atoms with Crippen molar-refractivity contribution in [3.8, 4) is 28.7 Å². The number of oxime groups is 1. The summed E-state index contributed by atoms with van der Waals surface area (Å²) in [6, 6.07) is 18.2. The summed E-state index contributed by atoms with van der Waals surface area (Å²) in [5, 5.41) is 24.9. The molecule has 0 bridgehead atoms. The van der Waals surface area contributed by atoms with Crippen LogP contribution in [-0.2, 0) is 20.9 Å². The molecular weight excluding hydrogens is 861 g/mol. The minimum absolute atomic E-state index is 0.00446. The Labute approximate surface area is 403 Å². The number of aliphatic hydroxyl groups excluding tert-OH is 2. The number of aliphatic hydroxyl groups is 2. The van der Waals surface area contributed by atoms with Gasteiger partial charge in [-0.15, -0.1) is 6.58 Å². The zero-order valence-corrected chi connectivity index (χ0v) is 40.4. The van der Waals surface area contributed by atoms with Crippen LogP contribution in [0.1, 0.15) is 150 Å². The monoisotopic (exact) mass is 935 g/mol. The van der Waals surface area contributed by atoms with Gasteiger partial charge in [-0.2, -0.15) is 0 Å². The van der Waals surface area contributed by atoms with E-state index in [0.717, 1.165) is 73.6 Å². The molecule has 2 aliphatic carbocycles. The number of nitrogens with zero attached hydrogens (tertiary/aromatic N) is 2. The molecule has 68 heavy (non-hydrogen) atoms. The quantitative estimate of drug-likeness (QED) is 0.0298. The highest BCUT2D eigenvalue weighted by Crippen LogP contribution is 2.62. The normalized spacial score (nSPS) is 22.7. The van der Waals surface area contributed by atoms with E-state index in [4.69, 9.17) is 33.7 Å². The van der Waals surface area contributed by atoms with Gasteiger partial charge < -0.3 is 43.6 Å². The maximum atomic E-state index is 15.3. The van der Waals surface area contributed by atoms with Crippen LogP contribution in [-0.4, -0.2) is 78.1 Å². The molecule has 2 aliphatic heterocycles. The minimum Gasteiger partial charge on any atom is -0.459 e. The minimum atomic E-state index is -1.40. The standard InChI is InChI=1S/C56H74N2O10/c1-4-7-8-9-10-11-12-13-14-24-53(62)58(37-40-25-27-50-51(33-40)64-39-63-50)52-36-48(57-66-6-3)46-34-42(21-15-17-29-59)45(23-16-18-30-60)54-47-35-44(67-43-22-19-20-41(32-43)38-61)26-28-49(47)68-56(52,55(46)54)65-31-5-2/h5,19-20,22,25-28,32-35,38,42,45,52,54-55,59-60H,2,4,6-18,21,23-24,29-31,36-37,39H2,1,3H3/t42-,45+,52-,54+,55+,56+/m0/s1. The molecule has 0 saturated heterocycles.